The Bertz CT molecular complexity index is 458. The SMILES string of the molecule is CNC(=O)CN(C)c1sc([C@@H](C)O)cc1[N+](=O)[O-]. The molecule has 0 aromatic carbocycles. The smallest absolute Gasteiger partial charge is 0.304 e. The van der Waals surface area contributed by atoms with E-state index < -0.39 is 11.0 Å². The standard InChI is InChI=1S/C10H15N3O4S/c1-6(14)8-4-7(13(16)17)10(18-8)12(3)5-9(15)11-2/h4,6,14H,5H2,1-3H3,(H,11,15)/t6-/m1/s1. The first kappa shape index (κ1) is 14.4. The lowest BCUT2D eigenvalue weighted by atomic mass is 10.3. The zero-order valence-corrected chi connectivity index (χ0v) is 11.2. The van der Waals surface area contributed by atoms with Gasteiger partial charge in [0.25, 0.3) is 0 Å². The average molecular weight is 273 g/mol. The van der Waals surface area contributed by atoms with E-state index in [9.17, 15) is 20.0 Å². The third kappa shape index (κ3) is 3.17. The highest BCUT2D eigenvalue weighted by Crippen LogP contribution is 2.39. The van der Waals surface area contributed by atoms with Crippen LogP contribution in [0.4, 0.5) is 10.7 Å². The first-order chi connectivity index (χ1) is 8.36. The number of carbonyl (C=O) groups excluding carboxylic acids is 1. The van der Waals surface area contributed by atoms with Crippen molar-refractivity contribution in [3.63, 3.8) is 0 Å². The van der Waals surface area contributed by atoms with Crippen LogP contribution in [0, 0.1) is 10.1 Å². The van der Waals surface area contributed by atoms with Gasteiger partial charge in [-0.2, -0.15) is 0 Å². The molecule has 7 nitrogen and oxygen atoms in total. The molecule has 0 bridgehead atoms. The largest absolute Gasteiger partial charge is 0.388 e. The van der Waals surface area contributed by atoms with Gasteiger partial charge < -0.3 is 15.3 Å². The Morgan fingerprint density at radius 3 is 2.78 bits per heavy atom. The molecule has 18 heavy (non-hydrogen) atoms. The van der Waals surface area contributed by atoms with Gasteiger partial charge in [0.1, 0.15) is 0 Å². The first-order valence-electron chi connectivity index (χ1n) is 5.24. The predicted molar refractivity (Wildman–Crippen MR) is 68.9 cm³/mol. The van der Waals surface area contributed by atoms with E-state index in [4.69, 9.17) is 0 Å². The molecule has 1 aromatic heterocycles. The van der Waals surface area contributed by atoms with Crippen molar-refractivity contribution in [2.75, 3.05) is 25.5 Å². The number of hydrogen-bond acceptors (Lipinski definition) is 6. The molecule has 0 saturated heterocycles. The number of anilines is 1. The van der Waals surface area contributed by atoms with E-state index in [0.717, 1.165) is 11.3 Å². The van der Waals surface area contributed by atoms with Crippen LogP contribution < -0.4 is 10.2 Å². The molecular formula is C10H15N3O4S. The summed E-state index contributed by atoms with van der Waals surface area (Å²) < 4.78 is 0. The summed E-state index contributed by atoms with van der Waals surface area (Å²) >= 11 is 1.11. The van der Waals surface area contributed by atoms with Gasteiger partial charge in [0, 0.05) is 25.0 Å². The number of aliphatic hydroxyl groups is 1. The lowest BCUT2D eigenvalue weighted by molar-refractivity contribution is -0.383. The molecule has 1 rings (SSSR count). The quantitative estimate of drug-likeness (QED) is 0.613. The predicted octanol–water partition coefficient (Wildman–Crippen LogP) is 0.892. The topological polar surface area (TPSA) is 95.7 Å². The highest BCUT2D eigenvalue weighted by molar-refractivity contribution is 7.16. The van der Waals surface area contributed by atoms with Gasteiger partial charge in [-0.25, -0.2) is 0 Å². The molecule has 0 aliphatic heterocycles. The van der Waals surface area contributed by atoms with E-state index in [-0.39, 0.29) is 18.1 Å². The molecule has 0 aliphatic rings. The van der Waals surface area contributed by atoms with E-state index in [1.807, 2.05) is 0 Å². The summed E-state index contributed by atoms with van der Waals surface area (Å²) in [7, 11) is 3.10. The summed E-state index contributed by atoms with van der Waals surface area (Å²) in [5.41, 5.74) is -0.0951. The monoisotopic (exact) mass is 273 g/mol. The van der Waals surface area contributed by atoms with Crippen molar-refractivity contribution in [2.24, 2.45) is 0 Å². The Hall–Kier alpha value is -1.67. The Labute approximate surface area is 108 Å². The third-order valence-corrected chi connectivity index (χ3v) is 3.74. The number of hydrogen-bond donors (Lipinski definition) is 2. The van der Waals surface area contributed by atoms with Crippen LogP contribution in [0.3, 0.4) is 0 Å². The van der Waals surface area contributed by atoms with Gasteiger partial charge >= 0.3 is 5.69 Å². The Kier molecular flexibility index (Phi) is 4.62. The van der Waals surface area contributed by atoms with Crippen molar-refractivity contribution in [3.05, 3.63) is 21.1 Å². The van der Waals surface area contributed by atoms with Gasteiger partial charge in [0.2, 0.25) is 5.91 Å². The molecule has 0 radical (unpaired) electrons. The molecule has 100 valence electrons. The molecule has 0 unspecified atom stereocenters. The minimum absolute atomic E-state index is 0.0249. The van der Waals surface area contributed by atoms with Crippen molar-refractivity contribution < 1.29 is 14.8 Å². The van der Waals surface area contributed by atoms with Crippen LogP contribution in [-0.4, -0.2) is 36.6 Å². The second kappa shape index (κ2) is 5.78. The molecule has 2 N–H and O–H groups in total. The molecule has 0 saturated carbocycles. The fourth-order valence-electron chi connectivity index (χ4n) is 1.37. The van der Waals surface area contributed by atoms with E-state index >= 15 is 0 Å². The van der Waals surface area contributed by atoms with Gasteiger partial charge in [0.15, 0.2) is 5.00 Å². The fraction of sp³-hybridized carbons (Fsp3) is 0.500. The number of thiophene rings is 1. The van der Waals surface area contributed by atoms with E-state index in [0.29, 0.717) is 9.88 Å². The van der Waals surface area contributed by atoms with Crippen molar-refractivity contribution in [1.82, 2.24) is 5.32 Å². The van der Waals surface area contributed by atoms with Crippen molar-refractivity contribution in [3.8, 4) is 0 Å². The highest BCUT2D eigenvalue weighted by atomic mass is 32.1. The Morgan fingerprint density at radius 2 is 2.33 bits per heavy atom. The average Bonchev–Trinajstić information content (AvgIpc) is 2.73. The van der Waals surface area contributed by atoms with Crippen LogP contribution in [0.5, 0.6) is 0 Å². The van der Waals surface area contributed by atoms with Crippen molar-refractivity contribution in [1.29, 1.82) is 0 Å². The zero-order valence-electron chi connectivity index (χ0n) is 10.3. The Morgan fingerprint density at radius 1 is 1.72 bits per heavy atom. The molecule has 8 heteroatoms. The van der Waals surface area contributed by atoms with Crippen LogP contribution in [0.2, 0.25) is 0 Å². The van der Waals surface area contributed by atoms with Crippen LogP contribution in [0.15, 0.2) is 6.07 Å². The number of amides is 1. The molecule has 1 amide bonds. The summed E-state index contributed by atoms with van der Waals surface area (Å²) in [4.78, 5) is 23.6. The minimum atomic E-state index is -0.768. The molecule has 0 fully saturated rings. The lowest BCUT2D eigenvalue weighted by Gasteiger charge is -2.15. The molecule has 0 aliphatic carbocycles. The Balaban J connectivity index is 3.05. The van der Waals surface area contributed by atoms with E-state index in [1.54, 1.807) is 7.05 Å². The zero-order chi connectivity index (χ0) is 13.9. The summed E-state index contributed by atoms with van der Waals surface area (Å²) in [5.74, 6) is -0.237. The van der Waals surface area contributed by atoms with Crippen LogP contribution in [-0.2, 0) is 4.79 Å². The summed E-state index contributed by atoms with van der Waals surface area (Å²) in [5, 5.41) is 23.2. The molecule has 1 atom stereocenters. The fourth-order valence-corrected chi connectivity index (χ4v) is 2.39. The maximum absolute atomic E-state index is 11.2. The third-order valence-electron chi connectivity index (χ3n) is 2.33. The van der Waals surface area contributed by atoms with Crippen LogP contribution in [0.1, 0.15) is 17.9 Å². The molecule has 1 heterocycles. The van der Waals surface area contributed by atoms with Gasteiger partial charge in [-0.05, 0) is 6.92 Å². The number of nitro groups is 1. The van der Waals surface area contributed by atoms with Crippen LogP contribution in [0.25, 0.3) is 0 Å². The number of nitrogens with zero attached hydrogens (tertiary/aromatic N) is 2. The molecular weight excluding hydrogens is 258 g/mol. The number of aliphatic hydroxyl groups excluding tert-OH is 1. The lowest BCUT2D eigenvalue weighted by Crippen LogP contribution is -2.32. The normalized spacial score (nSPS) is 12.0. The van der Waals surface area contributed by atoms with Gasteiger partial charge in [-0.15, -0.1) is 11.3 Å². The van der Waals surface area contributed by atoms with Crippen molar-refractivity contribution in [2.45, 2.75) is 13.0 Å². The minimum Gasteiger partial charge on any atom is -0.388 e. The second-order valence-corrected chi connectivity index (χ2v) is 4.86. The van der Waals surface area contributed by atoms with Crippen LogP contribution >= 0.6 is 11.3 Å². The van der Waals surface area contributed by atoms with Gasteiger partial charge in [-0.3, -0.25) is 14.9 Å². The molecule has 1 aromatic rings. The first-order valence-corrected chi connectivity index (χ1v) is 6.06. The number of carbonyl (C=O) groups is 1. The summed E-state index contributed by atoms with van der Waals surface area (Å²) in [6.07, 6.45) is -0.768. The number of nitrogens with one attached hydrogen (secondary N) is 1. The second-order valence-electron chi connectivity index (χ2n) is 3.80. The summed E-state index contributed by atoms with van der Waals surface area (Å²) in [6.45, 7) is 1.56. The van der Waals surface area contributed by atoms with Gasteiger partial charge in [-0.1, -0.05) is 0 Å². The number of rotatable bonds is 5. The van der Waals surface area contributed by atoms with Crippen molar-refractivity contribution >= 4 is 27.9 Å². The highest BCUT2D eigenvalue weighted by Gasteiger charge is 2.24. The molecule has 0 spiro atoms. The number of likely N-dealkylation sites (N-methyl/N-ethyl adjacent to an activating group) is 2. The van der Waals surface area contributed by atoms with Gasteiger partial charge in [0.05, 0.1) is 17.6 Å². The maximum atomic E-state index is 11.2. The van der Waals surface area contributed by atoms with E-state index in [1.165, 1.54) is 24.9 Å². The van der Waals surface area contributed by atoms with E-state index in [2.05, 4.69) is 5.32 Å². The summed E-state index contributed by atoms with van der Waals surface area (Å²) in [6, 6.07) is 1.34. The maximum Gasteiger partial charge on any atom is 0.304 e.